The standard InChI is InChI=1S/C27H25FN6O3/c1-27(2,3)36-26(35)30-16-17-8-10-19(11-9-17)24-31-25(37-33-24)22-23(18-12-14-29-15-13-18)34(32-22)21-7-5-4-6-20(21)28/h4-15H,16H2,1-3H3,(H2,29,30,32,35)/p-1. The number of alkyl carbamates (subject to hydrolysis) is 1. The Hall–Kier alpha value is -4.73. The van der Waals surface area contributed by atoms with E-state index in [1.54, 1.807) is 42.7 Å². The second-order valence-electron chi connectivity index (χ2n) is 9.27. The maximum absolute atomic E-state index is 14.5. The Kier molecular flexibility index (Phi) is 6.31. The molecule has 0 saturated carbocycles. The van der Waals surface area contributed by atoms with Gasteiger partial charge in [-0.15, -0.1) is 0 Å². The van der Waals surface area contributed by atoms with Gasteiger partial charge in [0, 0.05) is 30.2 Å². The lowest BCUT2D eigenvalue weighted by Gasteiger charge is -2.34. The molecular formula is C27H24FN6O3-. The number of nitrogens with zero attached hydrogens (tertiary/aromatic N) is 5. The Morgan fingerprint density at radius 1 is 1.05 bits per heavy atom. The molecule has 5 aromatic rings. The van der Waals surface area contributed by atoms with Crippen molar-refractivity contribution in [3.8, 4) is 39.9 Å². The average molecular weight is 500 g/mol. The highest BCUT2D eigenvalue weighted by atomic mass is 19.1. The lowest BCUT2D eigenvalue weighted by atomic mass is 10.1. The average Bonchev–Trinajstić information content (AvgIpc) is 3.33. The van der Waals surface area contributed by atoms with Crippen molar-refractivity contribution in [1.29, 1.82) is 0 Å². The van der Waals surface area contributed by atoms with Crippen molar-refractivity contribution in [2.75, 3.05) is 0 Å². The summed E-state index contributed by atoms with van der Waals surface area (Å²) < 4.78 is 26.8. The molecule has 1 N–H and O–H groups in total. The van der Waals surface area contributed by atoms with Crippen molar-refractivity contribution in [3.63, 3.8) is 0 Å². The maximum atomic E-state index is 14.5. The summed E-state index contributed by atoms with van der Waals surface area (Å²) >= 11 is 0. The normalized spacial score (nSPS) is 11.5. The molecule has 2 aromatic carbocycles. The first-order valence-corrected chi connectivity index (χ1v) is 11.6. The van der Waals surface area contributed by atoms with Gasteiger partial charge in [-0.25, -0.2) is 9.18 Å². The number of pyridine rings is 1. The summed E-state index contributed by atoms with van der Waals surface area (Å²) in [6, 6.07) is 17.4. The van der Waals surface area contributed by atoms with Crippen LogP contribution in [0, 0.1) is 5.82 Å². The summed E-state index contributed by atoms with van der Waals surface area (Å²) in [5.41, 5.74) is 3.23. The summed E-state index contributed by atoms with van der Waals surface area (Å²) in [5, 5.41) is 11.3. The molecule has 9 nitrogen and oxygen atoms in total. The Labute approximate surface area is 212 Å². The lowest BCUT2D eigenvalue weighted by Crippen LogP contribution is -2.32. The summed E-state index contributed by atoms with van der Waals surface area (Å²) in [6.45, 7) is 5.75. The molecule has 0 saturated heterocycles. The largest absolute Gasteiger partial charge is 0.584 e. The quantitative estimate of drug-likeness (QED) is 0.334. The Balaban J connectivity index is 1.37. The summed E-state index contributed by atoms with van der Waals surface area (Å²) in [4.78, 5) is 20.5. The first kappa shape index (κ1) is 24.0. The minimum Gasteiger partial charge on any atom is -0.584 e. The van der Waals surface area contributed by atoms with E-state index >= 15 is 0 Å². The van der Waals surface area contributed by atoms with Crippen LogP contribution in [0.5, 0.6) is 0 Å². The third-order valence-corrected chi connectivity index (χ3v) is 5.35. The van der Waals surface area contributed by atoms with Gasteiger partial charge in [0.25, 0.3) is 0 Å². The molecule has 10 heteroatoms. The first-order valence-electron chi connectivity index (χ1n) is 11.6. The number of hydrogen-bond donors (Lipinski definition) is 1. The van der Waals surface area contributed by atoms with E-state index in [9.17, 15) is 9.18 Å². The first-order chi connectivity index (χ1) is 17.8. The predicted molar refractivity (Wildman–Crippen MR) is 134 cm³/mol. The molecule has 1 amide bonds. The van der Waals surface area contributed by atoms with Gasteiger partial charge < -0.3 is 24.4 Å². The number of carbonyl (C=O) groups is 1. The molecule has 0 fully saturated rings. The van der Waals surface area contributed by atoms with Crippen molar-refractivity contribution < 1.29 is 18.4 Å². The van der Waals surface area contributed by atoms with Crippen LogP contribution in [0.2, 0.25) is 0 Å². The number of ether oxygens (including phenoxy) is 1. The smallest absolute Gasteiger partial charge is 0.407 e. The van der Waals surface area contributed by atoms with Gasteiger partial charge in [0.2, 0.25) is 11.7 Å². The van der Waals surface area contributed by atoms with Crippen LogP contribution in [0.4, 0.5) is 9.18 Å². The fourth-order valence-electron chi connectivity index (χ4n) is 3.66. The van der Waals surface area contributed by atoms with Crippen LogP contribution in [0.25, 0.3) is 39.9 Å². The highest BCUT2D eigenvalue weighted by molar-refractivity contribution is 5.78. The topological polar surface area (TPSA) is 109 Å². The maximum Gasteiger partial charge on any atom is 0.407 e. The molecule has 0 unspecified atom stereocenters. The molecule has 3 aromatic heterocycles. The van der Waals surface area contributed by atoms with E-state index < -0.39 is 17.5 Å². The van der Waals surface area contributed by atoms with E-state index in [1.165, 1.54) is 10.7 Å². The van der Waals surface area contributed by atoms with E-state index in [2.05, 4.69) is 25.5 Å². The SMILES string of the molecule is CC(C)(C)OC(=O)NCc1ccc(-c2noc(-c3[n-]n(-c4ccccc4F)c3-c3ccncc3)n2)cc1. The van der Waals surface area contributed by atoms with Crippen molar-refractivity contribution in [2.45, 2.75) is 32.9 Å². The van der Waals surface area contributed by atoms with Crippen LogP contribution in [-0.4, -0.2) is 31.5 Å². The van der Waals surface area contributed by atoms with E-state index in [4.69, 9.17) is 9.26 Å². The van der Waals surface area contributed by atoms with Crippen LogP contribution in [0.1, 0.15) is 26.3 Å². The number of para-hydroxylation sites is 1. The second kappa shape index (κ2) is 9.73. The number of aromatic nitrogens is 5. The molecular weight excluding hydrogens is 475 g/mol. The highest BCUT2D eigenvalue weighted by Gasteiger charge is 2.18. The van der Waals surface area contributed by atoms with Crippen LogP contribution in [0.15, 0.2) is 77.6 Å². The Morgan fingerprint density at radius 3 is 2.49 bits per heavy atom. The van der Waals surface area contributed by atoms with E-state index in [0.29, 0.717) is 29.4 Å². The summed E-state index contributed by atoms with van der Waals surface area (Å²) in [7, 11) is 0. The fourth-order valence-corrected chi connectivity index (χ4v) is 3.66. The van der Waals surface area contributed by atoms with Gasteiger partial charge in [0.1, 0.15) is 11.4 Å². The van der Waals surface area contributed by atoms with Gasteiger partial charge in [0.05, 0.1) is 5.69 Å². The molecule has 5 rings (SSSR count). The Morgan fingerprint density at radius 2 is 1.78 bits per heavy atom. The fraction of sp³-hybridized carbons (Fsp3) is 0.185. The zero-order valence-electron chi connectivity index (χ0n) is 20.5. The molecule has 0 bridgehead atoms. The van der Waals surface area contributed by atoms with E-state index in [1.807, 2.05) is 45.0 Å². The number of nitrogens with one attached hydrogen (secondary N) is 1. The van der Waals surface area contributed by atoms with Crippen molar-refractivity contribution in [3.05, 3.63) is 84.4 Å². The van der Waals surface area contributed by atoms with Gasteiger partial charge in [-0.1, -0.05) is 41.6 Å². The van der Waals surface area contributed by atoms with E-state index in [0.717, 1.165) is 16.7 Å². The number of benzene rings is 2. The van der Waals surface area contributed by atoms with Crippen molar-refractivity contribution in [2.24, 2.45) is 0 Å². The van der Waals surface area contributed by atoms with Crippen LogP contribution in [-0.2, 0) is 11.3 Å². The number of amides is 1. The monoisotopic (exact) mass is 499 g/mol. The highest BCUT2D eigenvalue weighted by Crippen LogP contribution is 2.35. The summed E-state index contributed by atoms with van der Waals surface area (Å²) in [5.74, 6) is 0.192. The molecule has 0 aliphatic rings. The number of carbonyl (C=O) groups excluding carboxylic acids is 1. The molecule has 3 heterocycles. The predicted octanol–water partition coefficient (Wildman–Crippen LogP) is 5.38. The summed E-state index contributed by atoms with van der Waals surface area (Å²) in [6.07, 6.45) is 2.82. The third-order valence-electron chi connectivity index (χ3n) is 5.35. The van der Waals surface area contributed by atoms with Gasteiger partial charge in [0.15, 0.2) is 0 Å². The van der Waals surface area contributed by atoms with Gasteiger partial charge >= 0.3 is 6.09 Å². The van der Waals surface area contributed by atoms with Crippen LogP contribution >= 0.6 is 0 Å². The molecule has 188 valence electrons. The molecule has 0 spiro atoms. The van der Waals surface area contributed by atoms with Crippen LogP contribution < -0.4 is 10.4 Å². The zero-order chi connectivity index (χ0) is 26.0. The van der Waals surface area contributed by atoms with Gasteiger partial charge in [-0.2, -0.15) is 4.98 Å². The van der Waals surface area contributed by atoms with Gasteiger partial charge in [-0.3, -0.25) is 4.98 Å². The molecule has 37 heavy (non-hydrogen) atoms. The van der Waals surface area contributed by atoms with Crippen LogP contribution in [0.3, 0.4) is 0 Å². The minimum atomic E-state index is -0.560. The van der Waals surface area contributed by atoms with Crippen molar-refractivity contribution >= 4 is 6.09 Å². The third kappa shape index (κ3) is 5.27. The second-order valence-corrected chi connectivity index (χ2v) is 9.27. The minimum absolute atomic E-state index is 0.213. The van der Waals surface area contributed by atoms with E-state index in [-0.39, 0.29) is 5.89 Å². The molecule has 0 radical (unpaired) electrons. The Bertz CT molecular complexity index is 1510. The number of halogens is 1. The zero-order valence-corrected chi connectivity index (χ0v) is 20.5. The van der Waals surface area contributed by atoms with Gasteiger partial charge in [-0.05, 0) is 61.9 Å². The number of rotatable bonds is 6. The molecule has 0 atom stereocenters. The molecule has 0 aliphatic heterocycles. The lowest BCUT2D eigenvalue weighted by molar-refractivity contribution is 0.0523. The number of hydrogen-bond acceptors (Lipinski definition) is 6. The molecule has 0 aliphatic carbocycles. The van der Waals surface area contributed by atoms with Crippen molar-refractivity contribution in [1.82, 2.24) is 30.2 Å².